The lowest BCUT2D eigenvalue weighted by molar-refractivity contribution is 0.117. The summed E-state index contributed by atoms with van der Waals surface area (Å²) in [4.78, 5) is 7.77. The Morgan fingerprint density at radius 1 is 1.47 bits per heavy atom. The van der Waals surface area contributed by atoms with E-state index in [1.807, 2.05) is 31.1 Å². The largest absolute Gasteiger partial charge is 0.392 e. The van der Waals surface area contributed by atoms with Crippen molar-refractivity contribution in [2.24, 2.45) is 7.05 Å². The van der Waals surface area contributed by atoms with Gasteiger partial charge in [-0.1, -0.05) is 0 Å². The first-order chi connectivity index (χ1) is 9.06. The summed E-state index contributed by atoms with van der Waals surface area (Å²) in [6.07, 6.45) is 3.37. The van der Waals surface area contributed by atoms with Gasteiger partial charge in [0, 0.05) is 37.8 Å². The number of hydrogen-bond donors (Lipinski definition) is 1. The summed E-state index contributed by atoms with van der Waals surface area (Å²) in [6.45, 7) is 6.31. The van der Waals surface area contributed by atoms with Crippen molar-refractivity contribution in [1.29, 1.82) is 0 Å². The summed E-state index contributed by atoms with van der Waals surface area (Å²) in [5, 5.41) is 11.8. The van der Waals surface area contributed by atoms with Crippen LogP contribution in [0.3, 0.4) is 0 Å². The summed E-state index contributed by atoms with van der Waals surface area (Å²) in [7, 11) is 2.00. The van der Waals surface area contributed by atoms with Crippen LogP contribution in [0.1, 0.15) is 23.1 Å². The van der Waals surface area contributed by atoms with Crippen LogP contribution < -0.4 is 0 Å². The van der Waals surface area contributed by atoms with Crippen LogP contribution in [-0.2, 0) is 20.1 Å². The fourth-order valence-corrected chi connectivity index (χ4v) is 3.04. The van der Waals surface area contributed by atoms with E-state index in [9.17, 15) is 5.11 Å². The van der Waals surface area contributed by atoms with Gasteiger partial charge >= 0.3 is 0 Å². The van der Waals surface area contributed by atoms with Crippen molar-refractivity contribution < 1.29 is 5.11 Å². The first kappa shape index (κ1) is 14.2. The number of aromatic nitrogens is 2. The van der Waals surface area contributed by atoms with E-state index in [0.29, 0.717) is 6.54 Å². The van der Waals surface area contributed by atoms with E-state index in [1.54, 1.807) is 11.3 Å². The molecule has 5 heteroatoms. The fraction of sp³-hybridized carbons (Fsp3) is 0.500. The molecule has 0 radical (unpaired) electrons. The Balaban J connectivity index is 2.08. The molecule has 0 aliphatic rings. The Morgan fingerprint density at radius 3 is 2.79 bits per heavy atom. The molecule has 2 aromatic rings. The predicted molar refractivity (Wildman–Crippen MR) is 78.1 cm³/mol. The molecule has 0 bridgehead atoms. The van der Waals surface area contributed by atoms with Gasteiger partial charge in [0.25, 0.3) is 0 Å². The molecule has 0 fully saturated rings. The average molecular weight is 279 g/mol. The highest BCUT2D eigenvalue weighted by atomic mass is 32.1. The van der Waals surface area contributed by atoms with Crippen LogP contribution in [0.2, 0.25) is 0 Å². The Morgan fingerprint density at radius 2 is 2.26 bits per heavy atom. The minimum Gasteiger partial charge on any atom is -0.392 e. The molecule has 2 aromatic heterocycles. The number of thiophene rings is 1. The van der Waals surface area contributed by atoms with Crippen LogP contribution in [0.25, 0.3) is 0 Å². The Kier molecular flexibility index (Phi) is 4.74. The second kappa shape index (κ2) is 6.32. The molecule has 104 valence electrons. The lowest BCUT2D eigenvalue weighted by Crippen LogP contribution is -2.30. The topological polar surface area (TPSA) is 41.3 Å². The summed E-state index contributed by atoms with van der Waals surface area (Å²) < 4.78 is 2.02. The van der Waals surface area contributed by atoms with Crippen LogP contribution in [0.4, 0.5) is 0 Å². The Hall–Kier alpha value is -1.17. The third-order valence-electron chi connectivity index (χ3n) is 3.16. The molecule has 2 heterocycles. The van der Waals surface area contributed by atoms with Gasteiger partial charge < -0.3 is 9.67 Å². The SMILES string of the molecule is Cc1ccsc1CN(Cc1cncn1C)CC(C)O. The third-order valence-corrected chi connectivity index (χ3v) is 4.17. The van der Waals surface area contributed by atoms with Crippen molar-refractivity contribution >= 4 is 11.3 Å². The van der Waals surface area contributed by atoms with Gasteiger partial charge in [-0.2, -0.15) is 0 Å². The van der Waals surface area contributed by atoms with Crippen LogP contribution in [0.5, 0.6) is 0 Å². The molecular formula is C14H21N3OS. The van der Waals surface area contributed by atoms with Gasteiger partial charge in [-0.05, 0) is 30.9 Å². The molecule has 0 spiro atoms. The van der Waals surface area contributed by atoms with Gasteiger partial charge in [-0.15, -0.1) is 11.3 Å². The molecule has 0 saturated carbocycles. The number of nitrogens with zero attached hydrogens (tertiary/aromatic N) is 3. The molecule has 1 atom stereocenters. The van der Waals surface area contributed by atoms with E-state index in [0.717, 1.165) is 18.8 Å². The van der Waals surface area contributed by atoms with E-state index < -0.39 is 0 Å². The lowest BCUT2D eigenvalue weighted by Gasteiger charge is -2.23. The van der Waals surface area contributed by atoms with Gasteiger partial charge in [-0.25, -0.2) is 4.98 Å². The molecule has 2 rings (SSSR count). The molecule has 1 N–H and O–H groups in total. The highest BCUT2D eigenvalue weighted by Crippen LogP contribution is 2.19. The predicted octanol–water partition coefficient (Wildman–Crippen LogP) is 2.17. The second-order valence-electron chi connectivity index (χ2n) is 5.04. The van der Waals surface area contributed by atoms with Gasteiger partial charge in [0.15, 0.2) is 0 Å². The smallest absolute Gasteiger partial charge is 0.0945 e. The van der Waals surface area contributed by atoms with E-state index in [-0.39, 0.29) is 6.10 Å². The zero-order chi connectivity index (χ0) is 13.8. The molecule has 0 aliphatic heterocycles. The minimum atomic E-state index is -0.325. The zero-order valence-corrected chi connectivity index (χ0v) is 12.5. The molecular weight excluding hydrogens is 258 g/mol. The van der Waals surface area contributed by atoms with Gasteiger partial charge in [-0.3, -0.25) is 4.90 Å². The highest BCUT2D eigenvalue weighted by molar-refractivity contribution is 7.10. The van der Waals surface area contributed by atoms with E-state index in [1.165, 1.54) is 10.4 Å². The number of aryl methyl sites for hydroxylation is 2. The van der Waals surface area contributed by atoms with Crippen LogP contribution in [-0.4, -0.2) is 32.2 Å². The molecule has 0 saturated heterocycles. The van der Waals surface area contributed by atoms with Crippen molar-refractivity contribution in [1.82, 2.24) is 14.5 Å². The molecule has 0 aromatic carbocycles. The second-order valence-corrected chi connectivity index (χ2v) is 6.04. The average Bonchev–Trinajstić information content (AvgIpc) is 2.89. The van der Waals surface area contributed by atoms with E-state index in [2.05, 4.69) is 28.3 Å². The van der Waals surface area contributed by atoms with Crippen molar-refractivity contribution in [2.75, 3.05) is 6.54 Å². The number of aliphatic hydroxyl groups is 1. The van der Waals surface area contributed by atoms with E-state index >= 15 is 0 Å². The zero-order valence-electron chi connectivity index (χ0n) is 11.7. The Bertz CT molecular complexity index is 476. The third kappa shape index (κ3) is 3.89. The fourth-order valence-electron chi connectivity index (χ4n) is 2.09. The van der Waals surface area contributed by atoms with Crippen LogP contribution >= 0.6 is 11.3 Å². The van der Waals surface area contributed by atoms with Gasteiger partial charge in [0.05, 0.1) is 18.1 Å². The quantitative estimate of drug-likeness (QED) is 0.881. The summed E-state index contributed by atoms with van der Waals surface area (Å²) >= 11 is 1.78. The van der Waals surface area contributed by atoms with Crippen LogP contribution in [0.15, 0.2) is 24.0 Å². The number of hydrogen-bond acceptors (Lipinski definition) is 4. The lowest BCUT2D eigenvalue weighted by atomic mass is 10.2. The number of aliphatic hydroxyl groups excluding tert-OH is 1. The molecule has 1 unspecified atom stereocenters. The first-order valence-corrected chi connectivity index (χ1v) is 7.33. The maximum absolute atomic E-state index is 9.66. The summed E-state index contributed by atoms with van der Waals surface area (Å²) in [6, 6.07) is 2.14. The van der Waals surface area contributed by atoms with Gasteiger partial charge in [0.1, 0.15) is 0 Å². The summed E-state index contributed by atoms with van der Waals surface area (Å²) in [5.74, 6) is 0. The molecule has 0 amide bonds. The Labute approximate surface area is 118 Å². The molecule has 4 nitrogen and oxygen atoms in total. The normalized spacial score (nSPS) is 13.1. The monoisotopic (exact) mass is 279 g/mol. The van der Waals surface area contributed by atoms with E-state index in [4.69, 9.17) is 0 Å². The standard InChI is InChI=1S/C14H21N3OS/c1-11-4-5-19-14(11)9-17(7-12(2)18)8-13-6-15-10-16(13)3/h4-6,10,12,18H,7-9H2,1-3H3. The minimum absolute atomic E-state index is 0.325. The first-order valence-electron chi connectivity index (χ1n) is 6.45. The molecule has 0 aliphatic carbocycles. The van der Waals surface area contributed by atoms with Crippen LogP contribution in [0, 0.1) is 6.92 Å². The van der Waals surface area contributed by atoms with Crippen molar-refractivity contribution in [3.05, 3.63) is 40.1 Å². The number of imidazole rings is 1. The number of rotatable bonds is 6. The van der Waals surface area contributed by atoms with Crippen molar-refractivity contribution in [2.45, 2.75) is 33.0 Å². The maximum Gasteiger partial charge on any atom is 0.0945 e. The highest BCUT2D eigenvalue weighted by Gasteiger charge is 2.13. The molecule has 19 heavy (non-hydrogen) atoms. The van der Waals surface area contributed by atoms with Crippen molar-refractivity contribution in [3.8, 4) is 0 Å². The van der Waals surface area contributed by atoms with Gasteiger partial charge in [0.2, 0.25) is 0 Å². The maximum atomic E-state index is 9.66. The summed E-state index contributed by atoms with van der Waals surface area (Å²) in [5.41, 5.74) is 2.49. The van der Waals surface area contributed by atoms with Crippen molar-refractivity contribution in [3.63, 3.8) is 0 Å².